The highest BCUT2D eigenvalue weighted by molar-refractivity contribution is 5.83. The monoisotopic (exact) mass is 414 g/mol. The Hall–Kier alpha value is -2.93. The van der Waals surface area contributed by atoms with Crippen molar-refractivity contribution in [3.05, 3.63) is 66.0 Å². The molecule has 0 saturated heterocycles. The molecular weight excluding hydrogens is 387 g/mol. The first-order chi connectivity index (χ1) is 14.4. The van der Waals surface area contributed by atoms with Gasteiger partial charge in [-0.2, -0.15) is 0 Å². The molecule has 7 heteroatoms. The van der Waals surface area contributed by atoms with Gasteiger partial charge in [0.1, 0.15) is 12.4 Å². The van der Waals surface area contributed by atoms with Gasteiger partial charge in [-0.15, -0.1) is 0 Å². The number of amides is 1. The number of carbonyl (C=O) groups is 2. The van der Waals surface area contributed by atoms with E-state index in [1.165, 1.54) is 17.0 Å². The number of rotatable bonds is 7. The second-order valence-corrected chi connectivity index (χ2v) is 7.75. The number of hydrogen-bond donors (Lipinski definition) is 3. The molecule has 2 aromatic rings. The maximum absolute atomic E-state index is 13.1. The predicted octanol–water partition coefficient (Wildman–Crippen LogP) is 3.27. The van der Waals surface area contributed by atoms with E-state index in [2.05, 4.69) is 5.32 Å². The number of nitrogens with one attached hydrogen (secondary N) is 1. The number of nitrogens with zero attached hydrogens (tertiary/aromatic N) is 1. The Balaban J connectivity index is 1.65. The fourth-order valence-electron chi connectivity index (χ4n) is 3.90. The Morgan fingerprint density at radius 1 is 1.00 bits per heavy atom. The van der Waals surface area contributed by atoms with Crippen LogP contribution in [-0.2, 0) is 16.1 Å². The highest BCUT2D eigenvalue weighted by Crippen LogP contribution is 2.28. The minimum Gasteiger partial charge on any atom is -0.480 e. The summed E-state index contributed by atoms with van der Waals surface area (Å²) in [5.74, 6) is -1.92. The van der Waals surface area contributed by atoms with Crippen molar-refractivity contribution in [2.45, 2.75) is 44.4 Å². The van der Waals surface area contributed by atoms with E-state index in [-0.39, 0.29) is 36.8 Å². The average molecular weight is 414 g/mol. The van der Waals surface area contributed by atoms with E-state index < -0.39 is 12.1 Å². The molecule has 1 saturated carbocycles. The van der Waals surface area contributed by atoms with Gasteiger partial charge in [0.2, 0.25) is 5.91 Å². The summed E-state index contributed by atoms with van der Waals surface area (Å²) in [7, 11) is 0. The Labute approximate surface area is 175 Å². The molecule has 0 bridgehead atoms. The van der Waals surface area contributed by atoms with Crippen molar-refractivity contribution in [2.75, 3.05) is 11.9 Å². The van der Waals surface area contributed by atoms with Gasteiger partial charge in [0.15, 0.2) is 0 Å². The van der Waals surface area contributed by atoms with Gasteiger partial charge in [0.25, 0.3) is 0 Å². The summed E-state index contributed by atoms with van der Waals surface area (Å²) in [6.45, 7) is -0.119. The average Bonchev–Trinajstić information content (AvgIpc) is 2.91. The summed E-state index contributed by atoms with van der Waals surface area (Å²) >= 11 is 0. The number of carboxylic acid groups (broad SMARTS) is 1. The third-order valence-corrected chi connectivity index (χ3v) is 5.50. The van der Waals surface area contributed by atoms with E-state index in [0.29, 0.717) is 31.4 Å². The van der Waals surface area contributed by atoms with Crippen LogP contribution in [0, 0.1) is 11.7 Å². The van der Waals surface area contributed by atoms with Crippen LogP contribution in [-0.4, -0.2) is 45.7 Å². The Morgan fingerprint density at radius 3 is 2.33 bits per heavy atom. The van der Waals surface area contributed by atoms with Crippen LogP contribution in [0.25, 0.3) is 0 Å². The molecule has 3 N–H and O–H groups in total. The molecule has 1 aliphatic rings. The molecule has 0 spiro atoms. The third kappa shape index (κ3) is 6.03. The molecule has 0 aliphatic heterocycles. The summed E-state index contributed by atoms with van der Waals surface area (Å²) in [5.41, 5.74) is 1.58. The number of carbonyl (C=O) groups excluding carboxylic acids is 1. The van der Waals surface area contributed by atoms with Crippen molar-refractivity contribution in [1.82, 2.24) is 4.90 Å². The Bertz CT molecular complexity index is 844. The number of aliphatic hydroxyl groups is 1. The van der Waals surface area contributed by atoms with E-state index in [0.717, 1.165) is 5.56 Å². The zero-order valence-electron chi connectivity index (χ0n) is 16.7. The first kappa shape index (κ1) is 21.8. The molecule has 3 atom stereocenters. The highest BCUT2D eigenvalue weighted by Gasteiger charge is 2.32. The minimum absolute atomic E-state index is 0.198. The van der Waals surface area contributed by atoms with Crippen molar-refractivity contribution >= 4 is 17.6 Å². The molecule has 0 unspecified atom stereocenters. The quantitative estimate of drug-likeness (QED) is 0.605. The fourth-order valence-corrected chi connectivity index (χ4v) is 3.90. The van der Waals surface area contributed by atoms with Gasteiger partial charge in [-0.05, 0) is 55.5 Å². The second kappa shape index (κ2) is 10.2. The molecule has 6 nitrogen and oxygen atoms in total. The molecule has 1 aliphatic carbocycles. The maximum atomic E-state index is 13.1. The van der Waals surface area contributed by atoms with Crippen molar-refractivity contribution in [3.8, 4) is 0 Å². The first-order valence-electron chi connectivity index (χ1n) is 10.2. The Morgan fingerprint density at radius 2 is 1.67 bits per heavy atom. The molecular formula is C23H27FN2O4. The number of anilines is 1. The van der Waals surface area contributed by atoms with E-state index in [1.54, 1.807) is 12.1 Å². The lowest BCUT2D eigenvalue weighted by Gasteiger charge is -2.25. The molecule has 3 rings (SSSR count). The normalized spacial score (nSPS) is 21.5. The van der Waals surface area contributed by atoms with Gasteiger partial charge in [-0.3, -0.25) is 9.59 Å². The van der Waals surface area contributed by atoms with Gasteiger partial charge in [-0.1, -0.05) is 30.3 Å². The van der Waals surface area contributed by atoms with Crippen molar-refractivity contribution in [1.29, 1.82) is 0 Å². The van der Waals surface area contributed by atoms with Crippen LogP contribution in [0.4, 0.5) is 10.1 Å². The molecule has 30 heavy (non-hydrogen) atoms. The zero-order valence-corrected chi connectivity index (χ0v) is 16.7. The number of aliphatic carboxylic acids is 1. The second-order valence-electron chi connectivity index (χ2n) is 7.75. The number of carboxylic acids is 1. The molecule has 1 fully saturated rings. The van der Waals surface area contributed by atoms with Gasteiger partial charge in [0, 0.05) is 18.2 Å². The lowest BCUT2D eigenvalue weighted by atomic mass is 9.98. The summed E-state index contributed by atoms with van der Waals surface area (Å²) in [6, 6.07) is 15.0. The largest absolute Gasteiger partial charge is 0.480 e. The SMILES string of the molecule is O=C(O)CN(Cc1ccccc1)C(=O)[C@@H]1CC[C@H](Nc2ccc(F)cc2)[C@@H](O)CC1. The molecule has 0 radical (unpaired) electrons. The highest BCUT2D eigenvalue weighted by atomic mass is 19.1. The van der Waals surface area contributed by atoms with Crippen LogP contribution in [0.15, 0.2) is 54.6 Å². The number of hydrogen-bond acceptors (Lipinski definition) is 4. The predicted molar refractivity (Wildman–Crippen MR) is 111 cm³/mol. The molecule has 1 amide bonds. The molecule has 0 heterocycles. The number of benzene rings is 2. The number of halogens is 1. The number of aliphatic hydroxyl groups excluding tert-OH is 1. The smallest absolute Gasteiger partial charge is 0.323 e. The van der Waals surface area contributed by atoms with Crippen molar-refractivity contribution < 1.29 is 24.2 Å². The standard InChI is InChI=1S/C23H27FN2O4/c24-18-8-10-19(11-9-18)25-20-12-6-17(7-13-21(20)27)23(30)26(15-22(28)29)14-16-4-2-1-3-5-16/h1-5,8-11,17,20-21,25,27H,6-7,12-15H2,(H,28,29)/t17-,20+,21+/m1/s1. The van der Waals surface area contributed by atoms with Gasteiger partial charge in [0.05, 0.1) is 12.1 Å². The van der Waals surface area contributed by atoms with E-state index in [9.17, 15) is 24.2 Å². The topological polar surface area (TPSA) is 89.9 Å². The lowest BCUT2D eigenvalue weighted by molar-refractivity contribution is -0.147. The van der Waals surface area contributed by atoms with Gasteiger partial charge < -0.3 is 20.4 Å². The van der Waals surface area contributed by atoms with Crippen molar-refractivity contribution in [2.24, 2.45) is 5.92 Å². The van der Waals surface area contributed by atoms with Crippen LogP contribution in [0.1, 0.15) is 31.2 Å². The van der Waals surface area contributed by atoms with E-state index >= 15 is 0 Å². The van der Waals surface area contributed by atoms with E-state index in [4.69, 9.17) is 0 Å². The fraction of sp³-hybridized carbons (Fsp3) is 0.391. The zero-order chi connectivity index (χ0) is 21.5. The van der Waals surface area contributed by atoms with Crippen LogP contribution in [0.3, 0.4) is 0 Å². The summed E-state index contributed by atoms with van der Waals surface area (Å²) in [5, 5.41) is 23.0. The Kier molecular flexibility index (Phi) is 7.41. The van der Waals surface area contributed by atoms with Crippen molar-refractivity contribution in [3.63, 3.8) is 0 Å². The molecule has 2 aromatic carbocycles. The van der Waals surface area contributed by atoms with Crippen LogP contribution < -0.4 is 5.32 Å². The van der Waals surface area contributed by atoms with Crippen LogP contribution in [0.2, 0.25) is 0 Å². The minimum atomic E-state index is -1.05. The van der Waals surface area contributed by atoms with Crippen LogP contribution >= 0.6 is 0 Å². The van der Waals surface area contributed by atoms with E-state index in [1.807, 2.05) is 30.3 Å². The first-order valence-corrected chi connectivity index (χ1v) is 10.2. The van der Waals surface area contributed by atoms with Gasteiger partial charge in [-0.25, -0.2) is 4.39 Å². The molecule has 0 aromatic heterocycles. The van der Waals surface area contributed by atoms with Crippen LogP contribution in [0.5, 0.6) is 0 Å². The molecule has 160 valence electrons. The third-order valence-electron chi connectivity index (χ3n) is 5.50. The summed E-state index contributed by atoms with van der Waals surface area (Å²) < 4.78 is 13.1. The maximum Gasteiger partial charge on any atom is 0.323 e. The summed E-state index contributed by atoms with van der Waals surface area (Å²) in [4.78, 5) is 25.8. The van der Waals surface area contributed by atoms with Gasteiger partial charge >= 0.3 is 5.97 Å². The lowest BCUT2D eigenvalue weighted by Crippen LogP contribution is -2.39. The summed E-state index contributed by atoms with van der Waals surface area (Å²) in [6.07, 6.45) is 1.38.